The van der Waals surface area contributed by atoms with E-state index in [2.05, 4.69) is 21.4 Å². The summed E-state index contributed by atoms with van der Waals surface area (Å²) in [7, 11) is 0. The fourth-order valence-corrected chi connectivity index (χ4v) is 4.35. The van der Waals surface area contributed by atoms with Crippen molar-refractivity contribution in [2.24, 2.45) is 11.3 Å². The topological polar surface area (TPSA) is 122 Å². The summed E-state index contributed by atoms with van der Waals surface area (Å²) in [4.78, 5) is 31.4. The lowest BCUT2D eigenvalue weighted by atomic mass is 9.88. The average Bonchev–Trinajstić information content (AvgIpc) is 3.39. The maximum Gasteiger partial charge on any atom is 0.233 e. The lowest BCUT2D eigenvalue weighted by Crippen LogP contribution is -2.41. The van der Waals surface area contributed by atoms with Crippen LogP contribution in [0.2, 0.25) is 0 Å². The van der Waals surface area contributed by atoms with Crippen molar-refractivity contribution >= 4 is 23.4 Å². The number of hydroxylamine groups is 2. The van der Waals surface area contributed by atoms with Gasteiger partial charge in [-0.05, 0) is 36.0 Å². The number of H-pyrrole nitrogens is 1. The van der Waals surface area contributed by atoms with Gasteiger partial charge in [0.2, 0.25) is 12.3 Å². The Kier molecular flexibility index (Phi) is 7.29. The second-order valence-electron chi connectivity index (χ2n) is 9.37. The Morgan fingerprint density at radius 2 is 2.19 bits per heavy atom. The minimum atomic E-state index is -0.492. The molecule has 0 radical (unpaired) electrons. The van der Waals surface area contributed by atoms with Gasteiger partial charge in [0.05, 0.1) is 28.7 Å². The normalized spacial score (nSPS) is 15.5. The Morgan fingerprint density at radius 1 is 1.45 bits per heavy atom. The molecular formula is C23H31N5O3. The zero-order chi connectivity index (χ0) is 22.4. The molecule has 1 aliphatic rings. The van der Waals surface area contributed by atoms with Crippen LogP contribution < -0.4 is 5.32 Å². The third-order valence-corrected chi connectivity index (χ3v) is 6.05. The van der Waals surface area contributed by atoms with Crippen LogP contribution in [0.25, 0.3) is 11.0 Å². The van der Waals surface area contributed by atoms with E-state index in [1.165, 1.54) is 12.8 Å². The number of nitriles is 1. The number of nitrogens with one attached hydrogen (secondary N) is 2. The fourth-order valence-electron chi connectivity index (χ4n) is 4.35. The number of aromatic nitrogens is 2. The number of carbonyl (C=O) groups is 2. The zero-order valence-corrected chi connectivity index (χ0v) is 18.2. The van der Waals surface area contributed by atoms with Crippen LogP contribution in [0.4, 0.5) is 0 Å². The van der Waals surface area contributed by atoms with Crippen molar-refractivity contribution in [2.75, 3.05) is 6.54 Å². The van der Waals surface area contributed by atoms with Gasteiger partial charge < -0.3 is 10.3 Å². The SMILES string of the molecule is CC(C)(CNC(=O)CC(CC1CCCC1)N(O)C=O)Cc1nc2cc(C#N)ccc2[nH]1. The van der Waals surface area contributed by atoms with Crippen LogP contribution in [0, 0.1) is 22.7 Å². The standard InChI is InChI=1S/C23H31N5O3/c1-23(2,12-21-26-19-8-7-17(13-24)10-20(19)27-21)14-25-22(30)11-18(28(31)15-29)9-16-5-3-4-6-16/h7-8,10,15-16,18,31H,3-6,9,11-12,14H2,1-2H3,(H,25,30)(H,26,27). The highest BCUT2D eigenvalue weighted by atomic mass is 16.5. The first-order valence-corrected chi connectivity index (χ1v) is 10.9. The quantitative estimate of drug-likeness (QED) is 0.306. The molecule has 0 saturated heterocycles. The first-order valence-electron chi connectivity index (χ1n) is 10.9. The molecule has 1 saturated carbocycles. The summed E-state index contributed by atoms with van der Waals surface area (Å²) in [5.74, 6) is 1.07. The molecule has 8 heteroatoms. The van der Waals surface area contributed by atoms with Gasteiger partial charge in [-0.3, -0.25) is 14.8 Å². The average molecular weight is 426 g/mol. The van der Waals surface area contributed by atoms with Gasteiger partial charge in [-0.1, -0.05) is 39.5 Å². The van der Waals surface area contributed by atoms with Crippen molar-refractivity contribution in [1.29, 1.82) is 5.26 Å². The number of aromatic amines is 1. The molecule has 1 heterocycles. The van der Waals surface area contributed by atoms with E-state index in [1.54, 1.807) is 12.1 Å². The van der Waals surface area contributed by atoms with E-state index < -0.39 is 6.04 Å². The first kappa shape index (κ1) is 22.8. The second kappa shape index (κ2) is 9.92. The predicted molar refractivity (Wildman–Crippen MR) is 116 cm³/mol. The Hall–Kier alpha value is -2.92. The van der Waals surface area contributed by atoms with E-state index in [1.807, 2.05) is 19.9 Å². The van der Waals surface area contributed by atoms with Crippen molar-refractivity contribution in [3.05, 3.63) is 29.6 Å². The summed E-state index contributed by atoms with van der Waals surface area (Å²) in [6, 6.07) is 6.97. The molecule has 2 aromatic rings. The Labute approximate surface area is 182 Å². The van der Waals surface area contributed by atoms with Gasteiger partial charge in [-0.2, -0.15) is 5.26 Å². The highest BCUT2D eigenvalue weighted by molar-refractivity contribution is 5.77. The molecule has 1 fully saturated rings. The summed E-state index contributed by atoms with van der Waals surface area (Å²) in [5.41, 5.74) is 1.94. The summed E-state index contributed by atoms with van der Waals surface area (Å²) >= 11 is 0. The minimum absolute atomic E-state index is 0.0867. The molecular weight excluding hydrogens is 394 g/mol. The number of hydrogen-bond acceptors (Lipinski definition) is 5. The zero-order valence-electron chi connectivity index (χ0n) is 18.2. The minimum Gasteiger partial charge on any atom is -0.355 e. The van der Waals surface area contributed by atoms with E-state index in [-0.39, 0.29) is 17.7 Å². The van der Waals surface area contributed by atoms with Crippen LogP contribution in [-0.2, 0) is 16.0 Å². The Balaban J connectivity index is 1.55. The van der Waals surface area contributed by atoms with Crippen molar-refractivity contribution in [1.82, 2.24) is 20.3 Å². The highest BCUT2D eigenvalue weighted by Crippen LogP contribution is 2.30. The molecule has 1 unspecified atom stereocenters. The smallest absolute Gasteiger partial charge is 0.233 e. The third-order valence-electron chi connectivity index (χ3n) is 6.05. The molecule has 0 bridgehead atoms. The van der Waals surface area contributed by atoms with E-state index in [9.17, 15) is 14.8 Å². The van der Waals surface area contributed by atoms with Crippen LogP contribution in [0.15, 0.2) is 18.2 Å². The van der Waals surface area contributed by atoms with Crippen molar-refractivity contribution < 1.29 is 14.8 Å². The number of fused-ring (bicyclic) bond motifs is 1. The largest absolute Gasteiger partial charge is 0.355 e. The molecule has 0 spiro atoms. The molecule has 1 aliphatic carbocycles. The second-order valence-corrected chi connectivity index (χ2v) is 9.37. The summed E-state index contributed by atoms with van der Waals surface area (Å²) in [6.45, 7) is 4.52. The van der Waals surface area contributed by atoms with Gasteiger partial charge in [0.1, 0.15) is 5.82 Å². The molecule has 0 aliphatic heterocycles. The maximum absolute atomic E-state index is 12.5. The first-order chi connectivity index (χ1) is 14.8. The molecule has 1 aromatic heterocycles. The predicted octanol–water partition coefficient (Wildman–Crippen LogP) is 3.31. The van der Waals surface area contributed by atoms with Gasteiger partial charge in [-0.25, -0.2) is 10.0 Å². The summed E-state index contributed by atoms with van der Waals surface area (Å²) < 4.78 is 0. The summed E-state index contributed by atoms with van der Waals surface area (Å²) in [5, 5.41) is 22.5. The number of nitrogens with zero attached hydrogens (tertiary/aromatic N) is 3. The van der Waals surface area contributed by atoms with Gasteiger partial charge in [-0.15, -0.1) is 0 Å². The van der Waals surface area contributed by atoms with Crippen LogP contribution >= 0.6 is 0 Å². The van der Waals surface area contributed by atoms with Gasteiger partial charge >= 0.3 is 0 Å². The fraction of sp³-hybridized carbons (Fsp3) is 0.565. The lowest BCUT2D eigenvalue weighted by Gasteiger charge is -2.27. The number of rotatable bonds is 10. The Bertz CT molecular complexity index is 956. The van der Waals surface area contributed by atoms with Crippen LogP contribution in [0.5, 0.6) is 0 Å². The molecule has 2 amide bonds. The van der Waals surface area contributed by atoms with E-state index in [4.69, 9.17) is 5.26 Å². The highest BCUT2D eigenvalue weighted by Gasteiger charge is 2.27. The Morgan fingerprint density at radius 3 is 2.87 bits per heavy atom. The lowest BCUT2D eigenvalue weighted by molar-refractivity contribution is -0.163. The van der Waals surface area contributed by atoms with Gasteiger partial charge in [0, 0.05) is 19.4 Å². The number of benzene rings is 1. The maximum atomic E-state index is 12.5. The molecule has 166 valence electrons. The van der Waals surface area contributed by atoms with E-state index in [0.29, 0.717) is 42.3 Å². The van der Waals surface area contributed by atoms with Crippen molar-refractivity contribution in [2.45, 2.75) is 64.8 Å². The van der Waals surface area contributed by atoms with Crippen molar-refractivity contribution in [3.8, 4) is 6.07 Å². The number of carbonyl (C=O) groups excluding carboxylic acids is 2. The molecule has 31 heavy (non-hydrogen) atoms. The number of amides is 2. The van der Waals surface area contributed by atoms with Crippen molar-refractivity contribution in [3.63, 3.8) is 0 Å². The van der Waals surface area contributed by atoms with E-state index >= 15 is 0 Å². The van der Waals surface area contributed by atoms with Crippen LogP contribution in [0.1, 0.15) is 63.8 Å². The molecule has 1 atom stereocenters. The third kappa shape index (κ3) is 6.28. The van der Waals surface area contributed by atoms with Gasteiger partial charge in [0.25, 0.3) is 0 Å². The molecule has 3 N–H and O–H groups in total. The number of hydrogen-bond donors (Lipinski definition) is 3. The van der Waals surface area contributed by atoms with Crippen LogP contribution in [0.3, 0.4) is 0 Å². The molecule has 1 aromatic carbocycles. The van der Waals surface area contributed by atoms with Crippen LogP contribution in [-0.4, -0.2) is 45.1 Å². The van der Waals surface area contributed by atoms with E-state index in [0.717, 1.165) is 29.7 Å². The molecule has 8 nitrogen and oxygen atoms in total. The number of imidazole rings is 1. The molecule has 3 rings (SSSR count). The van der Waals surface area contributed by atoms with Gasteiger partial charge in [0.15, 0.2) is 0 Å². The monoisotopic (exact) mass is 425 g/mol. The summed E-state index contributed by atoms with van der Waals surface area (Å²) in [6.07, 6.45) is 6.26.